The van der Waals surface area contributed by atoms with E-state index in [0.717, 1.165) is 37.3 Å². The monoisotopic (exact) mass is 465 g/mol. The van der Waals surface area contributed by atoms with Crippen LogP contribution in [0.3, 0.4) is 0 Å². The third-order valence-electron chi connectivity index (χ3n) is 5.96. The predicted octanol–water partition coefficient (Wildman–Crippen LogP) is 4.75. The summed E-state index contributed by atoms with van der Waals surface area (Å²) < 4.78 is 5.64. The van der Waals surface area contributed by atoms with Crippen molar-refractivity contribution in [3.05, 3.63) is 94.9 Å². The normalized spacial score (nSPS) is 15.7. The highest BCUT2D eigenvalue weighted by molar-refractivity contribution is 6.33. The summed E-state index contributed by atoms with van der Waals surface area (Å²) in [5.74, 6) is 0.399. The van der Waals surface area contributed by atoms with E-state index in [4.69, 9.17) is 16.0 Å². The smallest absolute Gasteiger partial charge is 0.253 e. The van der Waals surface area contributed by atoms with Gasteiger partial charge in [-0.05, 0) is 55.8 Å². The zero-order chi connectivity index (χ0) is 23.0. The lowest BCUT2D eigenvalue weighted by molar-refractivity contribution is -0.121. The topological polar surface area (TPSA) is 74.6 Å². The molecule has 2 unspecified atom stereocenters. The number of nitrogens with one attached hydrogen (secondary N) is 2. The van der Waals surface area contributed by atoms with Gasteiger partial charge in [0, 0.05) is 6.54 Å². The molecule has 1 aliphatic rings. The predicted molar refractivity (Wildman–Crippen MR) is 128 cm³/mol. The minimum atomic E-state index is -0.483. The lowest BCUT2D eigenvalue weighted by atomic mass is 10.0. The van der Waals surface area contributed by atoms with Crippen LogP contribution in [-0.4, -0.2) is 36.3 Å². The molecule has 2 amide bonds. The third-order valence-corrected chi connectivity index (χ3v) is 6.29. The average Bonchev–Trinajstić information content (AvgIpc) is 3.55. The fraction of sp³-hybridized carbons (Fsp3) is 0.308. The van der Waals surface area contributed by atoms with Gasteiger partial charge < -0.3 is 15.1 Å². The van der Waals surface area contributed by atoms with Crippen LogP contribution in [0.1, 0.15) is 53.0 Å². The standard InChI is InChI=1S/C26H28ClN3O3/c27-21-12-5-4-11-20(21)26(32)29-22(19-9-2-1-3-10-19)17-25(31)28-18-23(24-13-8-16-33-24)30-14-6-7-15-30/h1-5,8-13,16,22-23H,6-7,14-15,17-18H2,(H,28,31)(H,29,32). The number of carbonyl (C=O) groups excluding carboxylic acids is 2. The van der Waals surface area contributed by atoms with E-state index in [1.165, 1.54) is 0 Å². The van der Waals surface area contributed by atoms with Crippen LogP contribution in [0.25, 0.3) is 0 Å². The molecule has 33 heavy (non-hydrogen) atoms. The molecular formula is C26H28ClN3O3. The number of halogens is 1. The highest BCUT2D eigenvalue weighted by Gasteiger charge is 2.27. The van der Waals surface area contributed by atoms with E-state index >= 15 is 0 Å². The number of hydrogen-bond acceptors (Lipinski definition) is 4. The number of hydrogen-bond donors (Lipinski definition) is 2. The van der Waals surface area contributed by atoms with Crippen LogP contribution in [0, 0.1) is 0 Å². The Morgan fingerprint density at radius 2 is 1.70 bits per heavy atom. The molecule has 0 radical (unpaired) electrons. The second-order valence-electron chi connectivity index (χ2n) is 8.20. The van der Waals surface area contributed by atoms with Gasteiger partial charge in [-0.25, -0.2) is 0 Å². The maximum absolute atomic E-state index is 13.0. The molecule has 0 spiro atoms. The number of rotatable bonds is 9. The number of likely N-dealkylation sites (tertiary alicyclic amines) is 1. The molecule has 7 heteroatoms. The summed E-state index contributed by atoms with van der Waals surface area (Å²) in [6, 6.07) is 19.7. The van der Waals surface area contributed by atoms with Crippen molar-refractivity contribution in [1.82, 2.24) is 15.5 Å². The van der Waals surface area contributed by atoms with Gasteiger partial charge in [0.1, 0.15) is 5.76 Å². The molecule has 1 aliphatic heterocycles. The minimum Gasteiger partial charge on any atom is -0.468 e. The Morgan fingerprint density at radius 1 is 0.970 bits per heavy atom. The molecule has 172 valence electrons. The molecule has 4 rings (SSSR count). The SMILES string of the molecule is O=C(CC(NC(=O)c1ccccc1Cl)c1ccccc1)NCC(c1ccco1)N1CCCC1. The van der Waals surface area contributed by atoms with E-state index in [2.05, 4.69) is 15.5 Å². The van der Waals surface area contributed by atoms with Crippen molar-refractivity contribution in [1.29, 1.82) is 0 Å². The molecule has 2 heterocycles. The number of carbonyl (C=O) groups is 2. The minimum absolute atomic E-state index is 0.000609. The summed E-state index contributed by atoms with van der Waals surface area (Å²) in [5, 5.41) is 6.41. The van der Waals surface area contributed by atoms with Crippen LogP contribution in [-0.2, 0) is 4.79 Å². The fourth-order valence-electron chi connectivity index (χ4n) is 4.23. The number of amides is 2. The maximum Gasteiger partial charge on any atom is 0.253 e. The van der Waals surface area contributed by atoms with Crippen molar-refractivity contribution in [3.8, 4) is 0 Å². The van der Waals surface area contributed by atoms with E-state index in [1.54, 1.807) is 30.5 Å². The van der Waals surface area contributed by atoms with Crippen LogP contribution in [0.5, 0.6) is 0 Å². The quantitative estimate of drug-likeness (QED) is 0.478. The summed E-state index contributed by atoms with van der Waals surface area (Å²) in [5.41, 5.74) is 1.24. The first-order chi connectivity index (χ1) is 16.1. The number of benzene rings is 2. The van der Waals surface area contributed by atoms with Gasteiger partial charge in [0.25, 0.3) is 5.91 Å². The van der Waals surface area contributed by atoms with Gasteiger partial charge in [-0.15, -0.1) is 0 Å². The molecule has 6 nitrogen and oxygen atoms in total. The largest absolute Gasteiger partial charge is 0.468 e. The Labute approximate surface area is 198 Å². The first-order valence-corrected chi connectivity index (χ1v) is 11.6. The van der Waals surface area contributed by atoms with Crippen LogP contribution in [0.15, 0.2) is 77.4 Å². The molecule has 2 aromatic carbocycles. The molecule has 1 fully saturated rings. The maximum atomic E-state index is 13.0. The summed E-state index contributed by atoms with van der Waals surface area (Å²) in [4.78, 5) is 28.2. The highest BCUT2D eigenvalue weighted by atomic mass is 35.5. The van der Waals surface area contributed by atoms with Crippen molar-refractivity contribution < 1.29 is 14.0 Å². The Kier molecular flexibility index (Phi) is 7.81. The summed E-state index contributed by atoms with van der Waals surface area (Å²) in [7, 11) is 0. The van der Waals surface area contributed by atoms with Crippen molar-refractivity contribution in [2.24, 2.45) is 0 Å². The Hall–Kier alpha value is -3.09. The van der Waals surface area contributed by atoms with Gasteiger partial charge >= 0.3 is 0 Å². The van der Waals surface area contributed by atoms with Gasteiger partial charge in [-0.2, -0.15) is 0 Å². The van der Waals surface area contributed by atoms with Crippen molar-refractivity contribution >= 4 is 23.4 Å². The van der Waals surface area contributed by atoms with Gasteiger partial charge in [0.2, 0.25) is 5.91 Å². The molecule has 0 aliphatic carbocycles. The molecule has 3 aromatic rings. The number of furan rings is 1. The van der Waals surface area contributed by atoms with Crippen molar-refractivity contribution in [2.45, 2.75) is 31.3 Å². The second kappa shape index (κ2) is 11.2. The highest BCUT2D eigenvalue weighted by Crippen LogP contribution is 2.25. The van der Waals surface area contributed by atoms with E-state index in [0.29, 0.717) is 17.1 Å². The zero-order valence-electron chi connectivity index (χ0n) is 18.4. The average molecular weight is 466 g/mol. The van der Waals surface area contributed by atoms with E-state index in [9.17, 15) is 9.59 Å². The zero-order valence-corrected chi connectivity index (χ0v) is 19.1. The van der Waals surface area contributed by atoms with Crippen LogP contribution >= 0.6 is 11.6 Å². The van der Waals surface area contributed by atoms with Crippen LogP contribution in [0.2, 0.25) is 5.02 Å². The molecule has 1 aromatic heterocycles. The molecule has 0 bridgehead atoms. The van der Waals surface area contributed by atoms with Gasteiger partial charge in [0.05, 0.1) is 35.4 Å². The Morgan fingerprint density at radius 3 is 2.39 bits per heavy atom. The van der Waals surface area contributed by atoms with Gasteiger partial charge in [-0.1, -0.05) is 54.1 Å². The summed E-state index contributed by atoms with van der Waals surface area (Å²) in [6.45, 7) is 2.43. The second-order valence-corrected chi connectivity index (χ2v) is 8.61. The van der Waals surface area contributed by atoms with Gasteiger partial charge in [0.15, 0.2) is 0 Å². The summed E-state index contributed by atoms with van der Waals surface area (Å²) >= 11 is 6.20. The lowest BCUT2D eigenvalue weighted by Gasteiger charge is -2.26. The molecule has 0 saturated carbocycles. The summed E-state index contributed by atoms with van der Waals surface area (Å²) in [6.07, 6.45) is 4.08. The Balaban J connectivity index is 1.44. The lowest BCUT2D eigenvalue weighted by Crippen LogP contribution is -2.38. The van der Waals surface area contributed by atoms with Crippen molar-refractivity contribution in [3.63, 3.8) is 0 Å². The van der Waals surface area contributed by atoms with E-state index in [1.807, 2.05) is 42.5 Å². The first-order valence-electron chi connectivity index (χ1n) is 11.3. The molecule has 2 N–H and O–H groups in total. The van der Waals surface area contributed by atoms with E-state index in [-0.39, 0.29) is 24.3 Å². The fourth-order valence-corrected chi connectivity index (χ4v) is 4.45. The third kappa shape index (κ3) is 6.03. The van der Waals surface area contributed by atoms with Gasteiger partial charge in [-0.3, -0.25) is 14.5 Å². The molecule has 2 atom stereocenters. The molecule has 1 saturated heterocycles. The first kappa shape index (κ1) is 23.1. The van der Waals surface area contributed by atoms with Crippen LogP contribution < -0.4 is 10.6 Å². The van der Waals surface area contributed by atoms with Crippen molar-refractivity contribution in [2.75, 3.05) is 19.6 Å². The van der Waals surface area contributed by atoms with Crippen LogP contribution in [0.4, 0.5) is 0 Å². The molecular weight excluding hydrogens is 438 g/mol. The Bertz CT molecular complexity index is 1050. The van der Waals surface area contributed by atoms with E-state index < -0.39 is 6.04 Å². The number of nitrogens with zero attached hydrogens (tertiary/aromatic N) is 1.